The summed E-state index contributed by atoms with van der Waals surface area (Å²) < 4.78 is 8.99. The van der Waals surface area contributed by atoms with Gasteiger partial charge in [0.15, 0.2) is 0 Å². The molecule has 0 spiro atoms. The fourth-order valence-electron chi connectivity index (χ4n) is 6.27. The van der Waals surface area contributed by atoms with E-state index >= 15 is 0 Å². The summed E-state index contributed by atoms with van der Waals surface area (Å²) in [4.78, 5) is 18.6. The summed E-state index contributed by atoms with van der Waals surface area (Å²) in [6, 6.07) is 33.6. The van der Waals surface area contributed by atoms with E-state index in [0.717, 1.165) is 60.3 Å². The van der Waals surface area contributed by atoms with Crippen LogP contribution in [-0.2, 0) is 13.1 Å². The van der Waals surface area contributed by atoms with Gasteiger partial charge in [-0.3, -0.25) is 4.40 Å². The SMILES string of the molecule is OCCNCc1cn2c(Nc3cccc(-c4cccc(OCCNCc5nc6ccnc(Nc7cccc(-c8ccccc8)c7Cl)c6s5)c4)c3Cl)nccc2n1. The van der Waals surface area contributed by atoms with E-state index in [2.05, 4.69) is 36.2 Å². The Morgan fingerprint density at radius 2 is 1.45 bits per heavy atom. The Balaban J connectivity index is 0.879. The third-order valence-electron chi connectivity index (χ3n) is 8.93. The van der Waals surface area contributed by atoms with Crippen molar-refractivity contribution in [1.29, 1.82) is 0 Å². The second-order valence-corrected chi connectivity index (χ2v) is 14.6. The van der Waals surface area contributed by atoms with E-state index in [-0.39, 0.29) is 6.61 Å². The highest BCUT2D eigenvalue weighted by atomic mass is 35.5. The molecule has 0 aliphatic rings. The Bertz CT molecular complexity index is 2600. The number of aliphatic hydroxyl groups is 1. The lowest BCUT2D eigenvalue weighted by Gasteiger charge is -2.13. The molecule has 0 aliphatic heterocycles. The molecule has 14 heteroatoms. The van der Waals surface area contributed by atoms with Crippen LogP contribution < -0.4 is 26.0 Å². The summed E-state index contributed by atoms with van der Waals surface area (Å²) in [5.74, 6) is 2.04. The summed E-state index contributed by atoms with van der Waals surface area (Å²) in [6.07, 6.45) is 5.38. The highest BCUT2D eigenvalue weighted by Crippen LogP contribution is 2.38. The number of imidazole rings is 1. The first kappa shape index (κ1) is 37.3. The van der Waals surface area contributed by atoms with Crippen molar-refractivity contribution in [1.82, 2.24) is 35.0 Å². The molecule has 0 fully saturated rings. The molecule has 8 rings (SSSR count). The van der Waals surface area contributed by atoms with Crippen LogP contribution in [0.2, 0.25) is 10.0 Å². The standard InChI is InChI=1S/C42H37Cl2N9O2S/c43-38-31(27-7-2-1-3-8-27)11-5-13-33(38)51-41-40-35(15-17-47-41)50-37(56-40)25-46-20-22-55-30-10-4-9-28(23-30)32-12-6-14-34(39(32)44)52-42-48-18-16-36-49-29(26-53(36)42)24-45-19-21-54/h1-18,23,26,45-46,54H,19-22,24-25H2,(H,47,51)(H,48,52). The molecule has 0 bridgehead atoms. The van der Waals surface area contributed by atoms with Crippen molar-refractivity contribution in [2.75, 3.05) is 36.9 Å². The minimum absolute atomic E-state index is 0.0666. The van der Waals surface area contributed by atoms with Crippen LogP contribution in [0.15, 0.2) is 122 Å². The van der Waals surface area contributed by atoms with Crippen LogP contribution in [0.5, 0.6) is 5.75 Å². The fourth-order valence-corrected chi connectivity index (χ4v) is 7.80. The molecule has 56 heavy (non-hydrogen) atoms. The van der Waals surface area contributed by atoms with Crippen LogP contribution in [0.1, 0.15) is 10.7 Å². The predicted molar refractivity (Wildman–Crippen MR) is 227 cm³/mol. The van der Waals surface area contributed by atoms with Gasteiger partial charge in [-0.25, -0.2) is 19.9 Å². The molecule has 0 atom stereocenters. The van der Waals surface area contributed by atoms with Crippen molar-refractivity contribution in [3.8, 4) is 28.0 Å². The molecular formula is C42H37Cl2N9O2S. The average Bonchev–Trinajstić information content (AvgIpc) is 3.85. The summed E-state index contributed by atoms with van der Waals surface area (Å²) in [5.41, 5.74) is 7.75. The van der Waals surface area contributed by atoms with Gasteiger partial charge in [-0.2, -0.15) is 0 Å². The fraction of sp³-hybridized carbons (Fsp3) is 0.143. The smallest absolute Gasteiger partial charge is 0.213 e. The molecule has 8 aromatic rings. The van der Waals surface area contributed by atoms with E-state index in [1.807, 2.05) is 114 Å². The maximum atomic E-state index is 9.08. The van der Waals surface area contributed by atoms with Gasteiger partial charge in [0.25, 0.3) is 0 Å². The van der Waals surface area contributed by atoms with Gasteiger partial charge < -0.3 is 31.1 Å². The first-order valence-electron chi connectivity index (χ1n) is 18.0. The largest absolute Gasteiger partial charge is 0.492 e. The topological polar surface area (TPSA) is 134 Å². The number of halogens is 2. The number of aliphatic hydroxyl groups excluding tert-OH is 1. The Labute approximate surface area is 337 Å². The number of anilines is 4. The first-order valence-corrected chi connectivity index (χ1v) is 19.6. The van der Waals surface area contributed by atoms with Crippen molar-refractivity contribution >= 4 is 73.5 Å². The van der Waals surface area contributed by atoms with Gasteiger partial charge in [0.1, 0.15) is 28.8 Å². The zero-order chi connectivity index (χ0) is 38.3. The highest BCUT2D eigenvalue weighted by molar-refractivity contribution is 7.19. The third-order valence-corrected chi connectivity index (χ3v) is 10.8. The van der Waals surface area contributed by atoms with E-state index < -0.39 is 0 Å². The van der Waals surface area contributed by atoms with E-state index in [1.165, 1.54) is 0 Å². The number of benzene rings is 4. The van der Waals surface area contributed by atoms with Gasteiger partial charge in [-0.1, -0.05) is 89.9 Å². The molecule has 0 saturated heterocycles. The van der Waals surface area contributed by atoms with Crippen LogP contribution in [-0.4, -0.2) is 55.7 Å². The van der Waals surface area contributed by atoms with Crippen LogP contribution in [0, 0.1) is 0 Å². The van der Waals surface area contributed by atoms with Gasteiger partial charge in [0.05, 0.1) is 43.9 Å². The lowest BCUT2D eigenvalue weighted by molar-refractivity contribution is 0.291. The zero-order valence-corrected chi connectivity index (χ0v) is 32.4. The Kier molecular flexibility index (Phi) is 11.6. The second kappa shape index (κ2) is 17.5. The minimum Gasteiger partial charge on any atom is -0.492 e. The number of aromatic nitrogens is 5. The van der Waals surface area contributed by atoms with E-state index in [9.17, 15) is 0 Å². The average molecular weight is 803 g/mol. The van der Waals surface area contributed by atoms with Crippen LogP contribution in [0.3, 0.4) is 0 Å². The van der Waals surface area contributed by atoms with Gasteiger partial charge in [0.2, 0.25) is 5.95 Å². The van der Waals surface area contributed by atoms with Crippen molar-refractivity contribution in [2.45, 2.75) is 13.1 Å². The Morgan fingerprint density at radius 1 is 0.714 bits per heavy atom. The molecule has 282 valence electrons. The molecule has 4 heterocycles. The summed E-state index contributed by atoms with van der Waals surface area (Å²) >= 11 is 15.4. The van der Waals surface area contributed by atoms with Crippen LogP contribution in [0.4, 0.5) is 23.1 Å². The maximum Gasteiger partial charge on any atom is 0.213 e. The number of thiazole rings is 1. The minimum atomic E-state index is 0.0666. The van der Waals surface area contributed by atoms with Crippen LogP contribution in [0.25, 0.3) is 38.1 Å². The number of rotatable bonds is 16. The van der Waals surface area contributed by atoms with Crippen molar-refractivity contribution in [3.05, 3.63) is 142 Å². The Hall–Kier alpha value is -5.60. The van der Waals surface area contributed by atoms with Crippen molar-refractivity contribution in [3.63, 3.8) is 0 Å². The molecule has 0 radical (unpaired) electrons. The molecule has 4 aromatic carbocycles. The molecule has 5 N–H and O–H groups in total. The van der Waals surface area contributed by atoms with Gasteiger partial charge in [-0.15, -0.1) is 11.3 Å². The molecule has 0 aliphatic carbocycles. The quantitative estimate of drug-likeness (QED) is 0.0603. The van der Waals surface area contributed by atoms with Crippen molar-refractivity contribution in [2.24, 2.45) is 0 Å². The predicted octanol–water partition coefficient (Wildman–Crippen LogP) is 9.11. The van der Waals surface area contributed by atoms with Gasteiger partial charge in [0, 0.05) is 55.9 Å². The molecule has 0 saturated carbocycles. The summed E-state index contributed by atoms with van der Waals surface area (Å²) in [7, 11) is 0. The number of fused-ring (bicyclic) bond motifs is 2. The Morgan fingerprint density at radius 3 is 2.27 bits per heavy atom. The number of nitrogens with zero attached hydrogens (tertiary/aromatic N) is 5. The molecule has 4 aromatic heterocycles. The maximum absolute atomic E-state index is 9.08. The van der Waals surface area contributed by atoms with Gasteiger partial charge >= 0.3 is 0 Å². The second-order valence-electron chi connectivity index (χ2n) is 12.7. The highest BCUT2D eigenvalue weighted by Gasteiger charge is 2.15. The lowest BCUT2D eigenvalue weighted by Crippen LogP contribution is -2.20. The number of pyridine rings is 1. The number of nitrogens with one attached hydrogen (secondary N) is 4. The van der Waals surface area contributed by atoms with E-state index in [1.54, 1.807) is 23.7 Å². The molecule has 0 unspecified atom stereocenters. The molecule has 0 amide bonds. The summed E-state index contributed by atoms with van der Waals surface area (Å²) in [6.45, 7) is 2.77. The number of ether oxygens (including phenoxy) is 1. The normalized spacial score (nSPS) is 11.3. The van der Waals surface area contributed by atoms with Gasteiger partial charge in [-0.05, 0) is 47.5 Å². The monoisotopic (exact) mass is 801 g/mol. The lowest BCUT2D eigenvalue weighted by atomic mass is 10.0. The molecule has 11 nitrogen and oxygen atoms in total. The third kappa shape index (κ3) is 8.46. The van der Waals surface area contributed by atoms with Crippen LogP contribution >= 0.6 is 34.5 Å². The zero-order valence-electron chi connectivity index (χ0n) is 30.0. The van der Waals surface area contributed by atoms with E-state index in [0.29, 0.717) is 60.3 Å². The van der Waals surface area contributed by atoms with Crippen molar-refractivity contribution < 1.29 is 9.84 Å². The number of hydrogen-bond donors (Lipinski definition) is 5. The first-order chi connectivity index (χ1) is 27.5. The number of hydrogen-bond acceptors (Lipinski definition) is 11. The van der Waals surface area contributed by atoms with E-state index in [4.69, 9.17) is 38.0 Å². The molecular weight excluding hydrogens is 765 g/mol. The summed E-state index contributed by atoms with van der Waals surface area (Å²) in [5, 5.41) is 24.7.